The van der Waals surface area contributed by atoms with Gasteiger partial charge in [-0.2, -0.15) is 0 Å². The average Bonchev–Trinajstić information content (AvgIpc) is 2.78. The summed E-state index contributed by atoms with van der Waals surface area (Å²) in [6, 6.07) is 10.6. The summed E-state index contributed by atoms with van der Waals surface area (Å²) in [5, 5.41) is 4.75. The van der Waals surface area contributed by atoms with Crippen molar-refractivity contribution in [1.82, 2.24) is 0 Å². The van der Waals surface area contributed by atoms with E-state index in [1.54, 1.807) is 24.3 Å². The number of nitrogens with one attached hydrogen (secondary N) is 1. The van der Waals surface area contributed by atoms with Gasteiger partial charge in [0, 0.05) is 25.3 Å². The van der Waals surface area contributed by atoms with Gasteiger partial charge >= 0.3 is 0 Å². The largest absolute Gasteiger partial charge is 0.321 e. The molecular formula is C15H7BrCl3NOS. The van der Waals surface area contributed by atoms with Crippen LogP contribution in [0.1, 0.15) is 9.67 Å². The molecule has 0 bridgehead atoms. The summed E-state index contributed by atoms with van der Waals surface area (Å²) in [6.45, 7) is 0. The third kappa shape index (κ3) is 3.12. The van der Waals surface area contributed by atoms with Crippen LogP contribution in [-0.4, -0.2) is 5.91 Å². The fourth-order valence-corrected chi connectivity index (χ4v) is 4.52. The normalized spacial score (nSPS) is 10.9. The van der Waals surface area contributed by atoms with E-state index in [-0.39, 0.29) is 5.91 Å². The van der Waals surface area contributed by atoms with Gasteiger partial charge in [-0.3, -0.25) is 4.79 Å². The van der Waals surface area contributed by atoms with Gasteiger partial charge < -0.3 is 5.32 Å². The number of fused-ring (bicyclic) bond motifs is 1. The Hall–Kier alpha value is -0.780. The highest BCUT2D eigenvalue weighted by molar-refractivity contribution is 9.10. The monoisotopic (exact) mass is 433 g/mol. The van der Waals surface area contributed by atoms with Crippen LogP contribution in [0.25, 0.3) is 10.1 Å². The van der Waals surface area contributed by atoms with Gasteiger partial charge in [-0.05, 0) is 36.4 Å². The first-order chi connectivity index (χ1) is 10.5. The van der Waals surface area contributed by atoms with E-state index in [1.807, 2.05) is 12.1 Å². The van der Waals surface area contributed by atoms with Crippen molar-refractivity contribution in [3.05, 3.63) is 60.8 Å². The van der Waals surface area contributed by atoms with Crippen molar-refractivity contribution in [2.75, 3.05) is 5.32 Å². The number of carbonyl (C=O) groups excluding carboxylic acids is 1. The van der Waals surface area contributed by atoms with E-state index >= 15 is 0 Å². The fourth-order valence-electron chi connectivity index (χ4n) is 1.98. The van der Waals surface area contributed by atoms with Gasteiger partial charge in [0.05, 0.1) is 10.0 Å². The van der Waals surface area contributed by atoms with Crippen molar-refractivity contribution >= 4 is 83.8 Å². The van der Waals surface area contributed by atoms with Crippen LogP contribution in [-0.2, 0) is 0 Å². The van der Waals surface area contributed by atoms with Crippen molar-refractivity contribution in [2.45, 2.75) is 0 Å². The molecule has 0 fully saturated rings. The van der Waals surface area contributed by atoms with Crippen LogP contribution in [0.4, 0.5) is 5.69 Å². The topological polar surface area (TPSA) is 29.1 Å². The third-order valence-electron chi connectivity index (χ3n) is 2.96. The molecule has 3 rings (SSSR count). The first kappa shape index (κ1) is 16.1. The zero-order chi connectivity index (χ0) is 15.9. The van der Waals surface area contributed by atoms with E-state index in [1.165, 1.54) is 11.3 Å². The Morgan fingerprint density at radius 3 is 2.45 bits per heavy atom. The molecule has 3 aromatic rings. The van der Waals surface area contributed by atoms with Crippen molar-refractivity contribution in [1.29, 1.82) is 0 Å². The lowest BCUT2D eigenvalue weighted by Crippen LogP contribution is -2.10. The Kier molecular flexibility index (Phi) is 4.67. The van der Waals surface area contributed by atoms with Gasteiger partial charge in [-0.25, -0.2) is 0 Å². The predicted molar refractivity (Wildman–Crippen MR) is 99.0 cm³/mol. The molecule has 0 aliphatic rings. The van der Waals surface area contributed by atoms with Crippen LogP contribution in [0.2, 0.25) is 15.1 Å². The first-order valence-corrected chi connectivity index (χ1v) is 8.84. The van der Waals surface area contributed by atoms with Crippen LogP contribution in [0, 0.1) is 0 Å². The minimum absolute atomic E-state index is 0.277. The number of anilines is 1. The molecule has 1 amide bonds. The van der Waals surface area contributed by atoms with E-state index in [2.05, 4.69) is 21.2 Å². The van der Waals surface area contributed by atoms with Gasteiger partial charge in [-0.1, -0.05) is 50.7 Å². The maximum absolute atomic E-state index is 12.4. The summed E-state index contributed by atoms with van der Waals surface area (Å²) in [6.07, 6.45) is 0. The Morgan fingerprint density at radius 1 is 1.09 bits per heavy atom. The molecule has 1 heterocycles. The summed E-state index contributed by atoms with van der Waals surface area (Å²) in [5.74, 6) is -0.277. The molecule has 2 aromatic carbocycles. The number of rotatable bonds is 2. The number of thiophene rings is 1. The van der Waals surface area contributed by atoms with Crippen molar-refractivity contribution in [2.24, 2.45) is 0 Å². The fraction of sp³-hybridized carbons (Fsp3) is 0. The van der Waals surface area contributed by atoms with E-state index in [0.717, 1.165) is 9.17 Å². The number of carbonyl (C=O) groups is 1. The molecule has 0 saturated carbocycles. The highest BCUT2D eigenvalue weighted by atomic mass is 79.9. The van der Waals surface area contributed by atoms with Crippen molar-refractivity contribution < 1.29 is 4.79 Å². The minimum atomic E-state index is -0.277. The van der Waals surface area contributed by atoms with Crippen LogP contribution >= 0.6 is 62.1 Å². The quantitative estimate of drug-likeness (QED) is 0.467. The van der Waals surface area contributed by atoms with E-state index in [0.29, 0.717) is 31.0 Å². The molecule has 7 heteroatoms. The maximum atomic E-state index is 12.4. The Bertz CT molecular complexity index is 877. The molecule has 2 nitrogen and oxygen atoms in total. The van der Waals surface area contributed by atoms with Crippen LogP contribution in [0.5, 0.6) is 0 Å². The second-order valence-corrected chi connectivity index (χ2v) is 7.66. The summed E-state index contributed by atoms with van der Waals surface area (Å²) in [4.78, 5) is 12.8. The number of hydrogen-bond donors (Lipinski definition) is 1. The van der Waals surface area contributed by atoms with E-state index in [4.69, 9.17) is 34.8 Å². The number of hydrogen-bond acceptors (Lipinski definition) is 2. The zero-order valence-corrected chi connectivity index (χ0v) is 15.5. The molecular weight excluding hydrogens is 429 g/mol. The van der Waals surface area contributed by atoms with Gasteiger partial charge in [0.2, 0.25) is 0 Å². The molecule has 0 radical (unpaired) electrons. The third-order valence-corrected chi connectivity index (χ3v) is 5.63. The smallest absolute Gasteiger partial charge is 0.267 e. The van der Waals surface area contributed by atoms with Crippen LogP contribution < -0.4 is 5.32 Å². The zero-order valence-electron chi connectivity index (χ0n) is 10.8. The van der Waals surface area contributed by atoms with Gasteiger partial charge in [0.15, 0.2) is 0 Å². The number of halogens is 4. The van der Waals surface area contributed by atoms with Gasteiger partial charge in [0.1, 0.15) is 4.88 Å². The molecule has 22 heavy (non-hydrogen) atoms. The highest BCUT2D eigenvalue weighted by Crippen LogP contribution is 2.41. The maximum Gasteiger partial charge on any atom is 0.267 e. The second-order valence-electron chi connectivity index (χ2n) is 4.47. The Labute approximate surface area is 154 Å². The lowest BCUT2D eigenvalue weighted by molar-refractivity contribution is 0.103. The summed E-state index contributed by atoms with van der Waals surface area (Å²) in [5.41, 5.74) is 0.686. The number of amides is 1. The molecule has 0 aliphatic carbocycles. The minimum Gasteiger partial charge on any atom is -0.321 e. The summed E-state index contributed by atoms with van der Waals surface area (Å²) in [7, 11) is 0. The molecule has 0 aliphatic heterocycles. The molecule has 0 unspecified atom stereocenters. The molecule has 1 N–H and O–H groups in total. The van der Waals surface area contributed by atoms with Crippen molar-refractivity contribution in [3.8, 4) is 0 Å². The number of benzene rings is 2. The van der Waals surface area contributed by atoms with E-state index < -0.39 is 0 Å². The molecule has 1 aromatic heterocycles. The molecule has 112 valence electrons. The summed E-state index contributed by atoms with van der Waals surface area (Å²) >= 11 is 23.1. The predicted octanol–water partition coefficient (Wildman–Crippen LogP) is 6.88. The van der Waals surface area contributed by atoms with Crippen molar-refractivity contribution in [3.63, 3.8) is 0 Å². The highest BCUT2D eigenvalue weighted by Gasteiger charge is 2.19. The standard InChI is InChI=1S/C15H7BrCl3NOS/c16-7-1-3-9(4-2-7)20-15(21)14-13(19)12-10(18)5-8(17)6-11(12)22-14/h1-6H,(H,20,21). The SMILES string of the molecule is O=C(Nc1ccc(Br)cc1)c1sc2cc(Cl)cc(Cl)c2c1Cl. The second kappa shape index (κ2) is 6.38. The summed E-state index contributed by atoms with van der Waals surface area (Å²) < 4.78 is 1.72. The molecule has 0 spiro atoms. The lowest BCUT2D eigenvalue weighted by atomic mass is 10.2. The lowest BCUT2D eigenvalue weighted by Gasteiger charge is -2.04. The van der Waals surface area contributed by atoms with E-state index in [9.17, 15) is 4.79 Å². The van der Waals surface area contributed by atoms with Crippen LogP contribution in [0.15, 0.2) is 40.9 Å². The van der Waals surface area contributed by atoms with Gasteiger partial charge in [0.25, 0.3) is 5.91 Å². The Morgan fingerprint density at radius 2 is 1.77 bits per heavy atom. The Balaban J connectivity index is 1.99. The molecule has 0 saturated heterocycles. The van der Waals surface area contributed by atoms with Crippen LogP contribution in [0.3, 0.4) is 0 Å². The molecule has 0 atom stereocenters. The first-order valence-electron chi connectivity index (χ1n) is 6.09. The van der Waals surface area contributed by atoms with Gasteiger partial charge in [-0.15, -0.1) is 11.3 Å². The average molecular weight is 436 g/mol.